The van der Waals surface area contributed by atoms with Crippen LogP contribution in [0.15, 0.2) is 24.3 Å². The van der Waals surface area contributed by atoms with E-state index in [0.717, 1.165) is 18.5 Å². The van der Waals surface area contributed by atoms with Crippen LogP contribution in [-0.4, -0.2) is 11.4 Å². The average molecular weight is 235 g/mol. The number of carbonyl (C=O) groups excluding carboxylic acids is 1. The van der Waals surface area contributed by atoms with Crippen molar-refractivity contribution < 1.29 is 4.79 Å². The molecule has 1 aromatic rings. The first-order chi connectivity index (χ1) is 7.98. The van der Waals surface area contributed by atoms with E-state index in [0.29, 0.717) is 5.56 Å². The van der Waals surface area contributed by atoms with Crippen LogP contribution in [0.2, 0.25) is 0 Å². The van der Waals surface area contributed by atoms with Gasteiger partial charge in [-0.05, 0) is 44.5 Å². The van der Waals surface area contributed by atoms with Crippen molar-refractivity contribution in [3.05, 3.63) is 29.8 Å². The van der Waals surface area contributed by atoms with Crippen molar-refractivity contribution in [3.63, 3.8) is 0 Å². The molecule has 1 rings (SSSR count). The number of hydrazine groups is 1. The Bertz CT molecular complexity index is 371. The van der Waals surface area contributed by atoms with E-state index < -0.39 is 0 Å². The summed E-state index contributed by atoms with van der Waals surface area (Å²) in [4.78, 5) is 12.0. The van der Waals surface area contributed by atoms with Gasteiger partial charge in [-0.2, -0.15) is 0 Å². The van der Waals surface area contributed by atoms with Crippen molar-refractivity contribution in [2.45, 2.75) is 39.2 Å². The summed E-state index contributed by atoms with van der Waals surface area (Å²) in [6, 6.07) is 7.07. The largest absolute Gasteiger partial charge is 0.347 e. The molecule has 0 spiro atoms. The standard InChI is InChI=1S/C13H21N3O/c1-4-9-13(2,3)15-12(17)10-5-7-11(16-14)8-6-10/h5-8,16H,4,9,14H2,1-3H3,(H,15,17). The van der Waals surface area contributed by atoms with Crippen LogP contribution in [0.4, 0.5) is 5.69 Å². The topological polar surface area (TPSA) is 67.2 Å². The first-order valence-corrected chi connectivity index (χ1v) is 5.87. The van der Waals surface area contributed by atoms with Crippen LogP contribution in [0.1, 0.15) is 44.0 Å². The Kier molecular flexibility index (Phi) is 4.52. The number of hydrogen-bond donors (Lipinski definition) is 3. The fourth-order valence-corrected chi connectivity index (χ4v) is 1.78. The number of rotatable bonds is 5. The Labute approximate surface area is 103 Å². The molecule has 94 valence electrons. The summed E-state index contributed by atoms with van der Waals surface area (Å²) in [5, 5.41) is 3.02. The quantitative estimate of drug-likeness (QED) is 0.542. The number of hydrogen-bond acceptors (Lipinski definition) is 3. The number of nitrogens with two attached hydrogens (primary N) is 1. The van der Waals surface area contributed by atoms with E-state index in [1.54, 1.807) is 24.3 Å². The zero-order chi connectivity index (χ0) is 12.9. The van der Waals surface area contributed by atoms with E-state index in [-0.39, 0.29) is 11.4 Å². The van der Waals surface area contributed by atoms with Crippen LogP contribution >= 0.6 is 0 Å². The van der Waals surface area contributed by atoms with Gasteiger partial charge in [0.15, 0.2) is 0 Å². The lowest BCUT2D eigenvalue weighted by Crippen LogP contribution is -2.43. The molecule has 4 heteroatoms. The molecular formula is C13H21N3O. The molecule has 0 saturated carbocycles. The van der Waals surface area contributed by atoms with Gasteiger partial charge < -0.3 is 10.7 Å². The fourth-order valence-electron chi connectivity index (χ4n) is 1.78. The smallest absolute Gasteiger partial charge is 0.251 e. The van der Waals surface area contributed by atoms with E-state index in [4.69, 9.17) is 5.84 Å². The molecule has 0 heterocycles. The van der Waals surface area contributed by atoms with Crippen LogP contribution in [0, 0.1) is 0 Å². The summed E-state index contributed by atoms with van der Waals surface area (Å²) in [7, 11) is 0. The molecule has 0 radical (unpaired) electrons. The fraction of sp³-hybridized carbons (Fsp3) is 0.462. The number of carbonyl (C=O) groups is 1. The molecule has 1 aromatic carbocycles. The van der Waals surface area contributed by atoms with Gasteiger partial charge in [-0.3, -0.25) is 10.6 Å². The van der Waals surface area contributed by atoms with Gasteiger partial charge in [-0.15, -0.1) is 0 Å². The van der Waals surface area contributed by atoms with E-state index in [2.05, 4.69) is 17.7 Å². The van der Waals surface area contributed by atoms with Gasteiger partial charge in [0.05, 0.1) is 0 Å². The van der Waals surface area contributed by atoms with Gasteiger partial charge in [0.2, 0.25) is 0 Å². The number of benzene rings is 1. The lowest BCUT2D eigenvalue weighted by atomic mass is 9.98. The van der Waals surface area contributed by atoms with Crippen molar-refractivity contribution in [1.82, 2.24) is 5.32 Å². The normalized spacial score (nSPS) is 11.1. The second kappa shape index (κ2) is 5.68. The van der Waals surface area contributed by atoms with Crippen LogP contribution in [-0.2, 0) is 0 Å². The maximum atomic E-state index is 12.0. The van der Waals surface area contributed by atoms with Crippen molar-refractivity contribution in [2.24, 2.45) is 5.84 Å². The minimum Gasteiger partial charge on any atom is -0.347 e. The number of amides is 1. The predicted molar refractivity (Wildman–Crippen MR) is 70.7 cm³/mol. The average Bonchev–Trinajstić information content (AvgIpc) is 2.28. The highest BCUT2D eigenvalue weighted by Crippen LogP contribution is 2.13. The third-order valence-corrected chi connectivity index (χ3v) is 2.64. The summed E-state index contributed by atoms with van der Waals surface area (Å²) in [5.41, 5.74) is 3.79. The lowest BCUT2D eigenvalue weighted by Gasteiger charge is -2.25. The Hall–Kier alpha value is -1.55. The van der Waals surface area contributed by atoms with Crippen molar-refractivity contribution in [1.29, 1.82) is 0 Å². The first kappa shape index (κ1) is 13.5. The molecule has 0 bridgehead atoms. The Morgan fingerprint density at radius 2 is 1.88 bits per heavy atom. The molecule has 4 nitrogen and oxygen atoms in total. The second-order valence-corrected chi connectivity index (χ2v) is 4.81. The van der Waals surface area contributed by atoms with Crippen molar-refractivity contribution in [3.8, 4) is 0 Å². The monoisotopic (exact) mass is 235 g/mol. The van der Waals surface area contributed by atoms with Crippen LogP contribution in [0.5, 0.6) is 0 Å². The van der Waals surface area contributed by atoms with Gasteiger partial charge in [-0.25, -0.2) is 0 Å². The van der Waals surface area contributed by atoms with E-state index >= 15 is 0 Å². The molecule has 0 fully saturated rings. The highest BCUT2D eigenvalue weighted by atomic mass is 16.1. The highest BCUT2D eigenvalue weighted by Gasteiger charge is 2.19. The van der Waals surface area contributed by atoms with E-state index in [1.807, 2.05) is 13.8 Å². The molecule has 0 saturated heterocycles. The number of anilines is 1. The molecule has 1 amide bonds. The first-order valence-electron chi connectivity index (χ1n) is 5.87. The van der Waals surface area contributed by atoms with Gasteiger partial charge >= 0.3 is 0 Å². The zero-order valence-corrected chi connectivity index (χ0v) is 10.7. The highest BCUT2D eigenvalue weighted by molar-refractivity contribution is 5.94. The Balaban J connectivity index is 2.69. The molecule has 0 atom stereocenters. The summed E-state index contributed by atoms with van der Waals surface area (Å²) >= 11 is 0. The van der Waals surface area contributed by atoms with Gasteiger partial charge in [0.25, 0.3) is 5.91 Å². The molecule has 0 aliphatic rings. The Morgan fingerprint density at radius 1 is 1.29 bits per heavy atom. The van der Waals surface area contributed by atoms with E-state index in [9.17, 15) is 4.79 Å². The number of nitrogen functional groups attached to an aromatic ring is 1. The summed E-state index contributed by atoms with van der Waals surface area (Å²) in [6.45, 7) is 6.17. The van der Waals surface area contributed by atoms with Crippen molar-refractivity contribution in [2.75, 3.05) is 5.43 Å². The maximum absolute atomic E-state index is 12.0. The second-order valence-electron chi connectivity index (χ2n) is 4.81. The van der Waals surface area contributed by atoms with Crippen LogP contribution in [0.25, 0.3) is 0 Å². The summed E-state index contributed by atoms with van der Waals surface area (Å²) in [5.74, 6) is 5.22. The molecule has 17 heavy (non-hydrogen) atoms. The minimum absolute atomic E-state index is 0.0491. The summed E-state index contributed by atoms with van der Waals surface area (Å²) < 4.78 is 0. The van der Waals surface area contributed by atoms with Crippen molar-refractivity contribution >= 4 is 11.6 Å². The van der Waals surface area contributed by atoms with Crippen LogP contribution in [0.3, 0.4) is 0 Å². The Morgan fingerprint density at radius 3 is 2.35 bits per heavy atom. The minimum atomic E-state index is -0.170. The third-order valence-electron chi connectivity index (χ3n) is 2.64. The van der Waals surface area contributed by atoms with Gasteiger partial charge in [-0.1, -0.05) is 13.3 Å². The third kappa shape index (κ3) is 4.07. The predicted octanol–water partition coefficient (Wildman–Crippen LogP) is 2.28. The van der Waals surface area contributed by atoms with Gasteiger partial charge in [0.1, 0.15) is 0 Å². The molecule has 0 aromatic heterocycles. The maximum Gasteiger partial charge on any atom is 0.251 e. The van der Waals surface area contributed by atoms with Gasteiger partial charge in [0, 0.05) is 16.8 Å². The molecular weight excluding hydrogens is 214 g/mol. The van der Waals surface area contributed by atoms with Crippen LogP contribution < -0.4 is 16.6 Å². The van der Waals surface area contributed by atoms with E-state index in [1.165, 1.54) is 0 Å². The SMILES string of the molecule is CCCC(C)(C)NC(=O)c1ccc(NN)cc1. The molecule has 4 N–H and O–H groups in total. The molecule has 0 unspecified atom stereocenters. The lowest BCUT2D eigenvalue weighted by molar-refractivity contribution is 0.0909. The summed E-state index contributed by atoms with van der Waals surface area (Å²) in [6.07, 6.45) is 2.00. The number of nitrogens with one attached hydrogen (secondary N) is 2. The molecule has 0 aliphatic carbocycles. The zero-order valence-electron chi connectivity index (χ0n) is 10.7. The molecule has 0 aliphatic heterocycles.